The van der Waals surface area contributed by atoms with E-state index in [2.05, 4.69) is 10.2 Å². The molecule has 0 saturated heterocycles. The highest BCUT2D eigenvalue weighted by atomic mass is 16.4. The molecule has 2 heterocycles. The van der Waals surface area contributed by atoms with Gasteiger partial charge < -0.3 is 4.42 Å². The average molecular weight is 151 g/mol. The Morgan fingerprint density at radius 2 is 2.45 bits per heavy atom. The molecule has 0 aliphatic carbocycles. The number of nitrogens with zero attached hydrogens (tertiary/aromatic N) is 3. The number of aromatic nitrogens is 3. The molecule has 0 saturated carbocycles. The highest BCUT2D eigenvalue weighted by Crippen LogP contribution is 2.04. The SMILES string of the molecule is Cn1c(=O)oc2ccnnc21. The lowest BCUT2D eigenvalue weighted by Crippen LogP contribution is -2.09. The third-order valence-corrected chi connectivity index (χ3v) is 1.45. The fourth-order valence-corrected chi connectivity index (χ4v) is 0.874. The first kappa shape index (κ1) is 6.09. The fourth-order valence-electron chi connectivity index (χ4n) is 0.874. The molecular weight excluding hydrogens is 146 g/mol. The Kier molecular flexibility index (Phi) is 1.06. The maximum atomic E-state index is 10.9. The van der Waals surface area contributed by atoms with Crippen molar-refractivity contribution in [3.8, 4) is 0 Å². The third-order valence-electron chi connectivity index (χ3n) is 1.45. The summed E-state index contributed by atoms with van der Waals surface area (Å²) < 4.78 is 6.11. The molecule has 0 amide bonds. The summed E-state index contributed by atoms with van der Waals surface area (Å²) in [5.74, 6) is -0.416. The van der Waals surface area contributed by atoms with Crippen molar-refractivity contribution >= 4 is 11.2 Å². The molecule has 0 radical (unpaired) electrons. The number of rotatable bonds is 0. The number of oxazole rings is 1. The predicted molar refractivity (Wildman–Crippen MR) is 37.0 cm³/mol. The lowest BCUT2D eigenvalue weighted by molar-refractivity contribution is 0.528. The van der Waals surface area contributed by atoms with Gasteiger partial charge in [-0.1, -0.05) is 0 Å². The van der Waals surface area contributed by atoms with E-state index in [1.807, 2.05) is 0 Å². The molecular formula is C6H5N3O2. The van der Waals surface area contributed by atoms with Crippen LogP contribution in [0.2, 0.25) is 0 Å². The molecule has 0 atom stereocenters. The lowest BCUT2D eigenvalue weighted by atomic mass is 10.5. The Bertz CT molecular complexity index is 442. The normalized spacial score (nSPS) is 10.6. The van der Waals surface area contributed by atoms with Gasteiger partial charge in [0.15, 0.2) is 5.58 Å². The lowest BCUT2D eigenvalue weighted by Gasteiger charge is -1.84. The van der Waals surface area contributed by atoms with Gasteiger partial charge >= 0.3 is 5.76 Å². The molecule has 2 aromatic rings. The molecule has 0 bridgehead atoms. The predicted octanol–water partition coefficient (Wildman–Crippen LogP) is -0.0785. The van der Waals surface area contributed by atoms with Gasteiger partial charge in [-0.25, -0.2) is 4.79 Å². The van der Waals surface area contributed by atoms with E-state index in [0.29, 0.717) is 11.2 Å². The third kappa shape index (κ3) is 0.739. The summed E-state index contributed by atoms with van der Waals surface area (Å²) in [4.78, 5) is 10.9. The Balaban J connectivity index is 3.04. The maximum absolute atomic E-state index is 10.9. The van der Waals surface area contributed by atoms with Crippen molar-refractivity contribution in [3.05, 3.63) is 22.8 Å². The zero-order valence-electron chi connectivity index (χ0n) is 5.81. The molecule has 5 heteroatoms. The average Bonchev–Trinajstić information content (AvgIpc) is 2.30. The topological polar surface area (TPSA) is 60.9 Å². The molecule has 0 N–H and O–H groups in total. The van der Waals surface area contributed by atoms with Gasteiger partial charge in [0, 0.05) is 13.1 Å². The number of hydrogen-bond acceptors (Lipinski definition) is 4. The number of hydrogen-bond donors (Lipinski definition) is 0. The minimum absolute atomic E-state index is 0.416. The van der Waals surface area contributed by atoms with Gasteiger partial charge in [-0.15, -0.1) is 5.10 Å². The minimum atomic E-state index is -0.416. The van der Waals surface area contributed by atoms with Crippen LogP contribution in [0.1, 0.15) is 0 Å². The van der Waals surface area contributed by atoms with Gasteiger partial charge in [0.2, 0.25) is 5.65 Å². The van der Waals surface area contributed by atoms with Gasteiger partial charge in [-0.05, 0) is 0 Å². The van der Waals surface area contributed by atoms with Crippen molar-refractivity contribution in [3.63, 3.8) is 0 Å². The molecule has 0 spiro atoms. The van der Waals surface area contributed by atoms with Gasteiger partial charge in [-0.2, -0.15) is 5.10 Å². The zero-order chi connectivity index (χ0) is 7.84. The highest BCUT2D eigenvalue weighted by molar-refractivity contribution is 5.66. The van der Waals surface area contributed by atoms with E-state index in [0.717, 1.165) is 0 Å². The Labute approximate surface area is 61.3 Å². The summed E-state index contributed by atoms with van der Waals surface area (Å²) in [6.45, 7) is 0. The van der Waals surface area contributed by atoms with Crippen LogP contribution in [0.5, 0.6) is 0 Å². The van der Waals surface area contributed by atoms with E-state index in [-0.39, 0.29) is 0 Å². The van der Waals surface area contributed by atoms with Gasteiger partial charge in [-0.3, -0.25) is 4.57 Å². The first-order chi connectivity index (χ1) is 5.29. The number of aryl methyl sites for hydroxylation is 1. The molecule has 5 nitrogen and oxygen atoms in total. The van der Waals surface area contributed by atoms with E-state index < -0.39 is 5.76 Å². The van der Waals surface area contributed by atoms with Crippen LogP contribution in [0.3, 0.4) is 0 Å². The van der Waals surface area contributed by atoms with Gasteiger partial charge in [0.25, 0.3) is 0 Å². The van der Waals surface area contributed by atoms with Crippen molar-refractivity contribution in [2.75, 3.05) is 0 Å². The Hall–Kier alpha value is -1.65. The second-order valence-electron chi connectivity index (χ2n) is 2.15. The monoisotopic (exact) mass is 151 g/mol. The largest absolute Gasteiger partial charge is 0.420 e. The van der Waals surface area contributed by atoms with E-state index in [1.54, 1.807) is 13.1 Å². The van der Waals surface area contributed by atoms with Crippen LogP contribution < -0.4 is 5.76 Å². The second-order valence-corrected chi connectivity index (χ2v) is 2.15. The fraction of sp³-hybridized carbons (Fsp3) is 0.167. The van der Waals surface area contributed by atoms with E-state index in [1.165, 1.54) is 10.8 Å². The first-order valence-corrected chi connectivity index (χ1v) is 3.06. The quantitative estimate of drug-likeness (QED) is 0.528. The standard InChI is InChI=1S/C6H5N3O2/c1-9-5-4(11-6(9)10)2-3-7-8-5/h2-3H,1H3. The summed E-state index contributed by atoms with van der Waals surface area (Å²) in [7, 11) is 1.59. The summed E-state index contributed by atoms with van der Waals surface area (Å²) in [6.07, 6.45) is 1.48. The van der Waals surface area contributed by atoms with E-state index in [9.17, 15) is 4.79 Å². The molecule has 0 fully saturated rings. The molecule has 0 unspecified atom stereocenters. The van der Waals surface area contributed by atoms with Crippen LogP contribution >= 0.6 is 0 Å². The zero-order valence-corrected chi connectivity index (χ0v) is 5.81. The van der Waals surface area contributed by atoms with Gasteiger partial charge in [0.1, 0.15) is 0 Å². The molecule has 11 heavy (non-hydrogen) atoms. The molecule has 56 valence electrons. The van der Waals surface area contributed by atoms with Crippen LogP contribution in [0, 0.1) is 0 Å². The van der Waals surface area contributed by atoms with E-state index in [4.69, 9.17) is 4.42 Å². The summed E-state index contributed by atoms with van der Waals surface area (Å²) in [5.41, 5.74) is 0.935. The van der Waals surface area contributed by atoms with Crippen LogP contribution in [-0.4, -0.2) is 14.8 Å². The molecule has 2 aromatic heterocycles. The number of fused-ring (bicyclic) bond motifs is 1. The van der Waals surface area contributed by atoms with Crippen LogP contribution in [0.15, 0.2) is 21.5 Å². The molecule has 2 rings (SSSR count). The van der Waals surface area contributed by atoms with Crippen molar-refractivity contribution in [2.45, 2.75) is 0 Å². The maximum Gasteiger partial charge on any atom is 0.420 e. The Morgan fingerprint density at radius 3 is 3.18 bits per heavy atom. The first-order valence-electron chi connectivity index (χ1n) is 3.06. The van der Waals surface area contributed by atoms with E-state index >= 15 is 0 Å². The highest BCUT2D eigenvalue weighted by Gasteiger charge is 2.04. The van der Waals surface area contributed by atoms with Crippen molar-refractivity contribution in [1.82, 2.24) is 14.8 Å². The molecule has 0 aromatic carbocycles. The van der Waals surface area contributed by atoms with Gasteiger partial charge in [0.05, 0.1) is 6.20 Å². The Morgan fingerprint density at radius 1 is 1.64 bits per heavy atom. The summed E-state index contributed by atoms with van der Waals surface area (Å²) >= 11 is 0. The van der Waals surface area contributed by atoms with Crippen molar-refractivity contribution < 1.29 is 4.42 Å². The summed E-state index contributed by atoms with van der Waals surface area (Å²) in [6, 6.07) is 1.60. The second kappa shape index (κ2) is 1.91. The van der Waals surface area contributed by atoms with Crippen LogP contribution in [0.25, 0.3) is 11.2 Å². The van der Waals surface area contributed by atoms with Crippen molar-refractivity contribution in [1.29, 1.82) is 0 Å². The smallest absolute Gasteiger partial charge is 0.406 e. The van der Waals surface area contributed by atoms with Crippen molar-refractivity contribution in [2.24, 2.45) is 7.05 Å². The minimum Gasteiger partial charge on any atom is -0.406 e. The molecule has 0 aliphatic rings. The van der Waals surface area contributed by atoms with Crippen LogP contribution in [-0.2, 0) is 7.05 Å². The molecule has 0 aliphatic heterocycles. The summed E-state index contributed by atoms with van der Waals surface area (Å²) in [5, 5.41) is 7.34. The van der Waals surface area contributed by atoms with Crippen LogP contribution in [0.4, 0.5) is 0 Å².